The Morgan fingerprint density at radius 2 is 1.76 bits per heavy atom. The minimum Gasteiger partial charge on any atom is -0.462 e. The van der Waals surface area contributed by atoms with Gasteiger partial charge in [-0.3, -0.25) is 0 Å². The smallest absolute Gasteiger partial charge is 0.347 e. The lowest BCUT2D eigenvalue weighted by molar-refractivity contribution is -0.146. The molecular formula is C15H18ClNO4. The summed E-state index contributed by atoms with van der Waals surface area (Å²) < 4.78 is 9.68. The molecule has 0 aromatic heterocycles. The molecule has 1 aromatic rings. The van der Waals surface area contributed by atoms with Crippen molar-refractivity contribution in [2.75, 3.05) is 18.5 Å². The van der Waals surface area contributed by atoms with Crippen LogP contribution in [0.2, 0.25) is 5.02 Å². The number of benzene rings is 1. The van der Waals surface area contributed by atoms with E-state index in [9.17, 15) is 9.59 Å². The molecule has 0 aliphatic heterocycles. The van der Waals surface area contributed by atoms with Crippen LogP contribution in [-0.4, -0.2) is 25.2 Å². The fraction of sp³-hybridized carbons (Fsp3) is 0.333. The van der Waals surface area contributed by atoms with Crippen LogP contribution < -0.4 is 5.32 Å². The molecule has 0 fully saturated rings. The van der Waals surface area contributed by atoms with Gasteiger partial charge in [0.05, 0.1) is 13.2 Å². The molecular weight excluding hydrogens is 294 g/mol. The van der Waals surface area contributed by atoms with Gasteiger partial charge in [-0.15, -0.1) is 0 Å². The molecule has 21 heavy (non-hydrogen) atoms. The van der Waals surface area contributed by atoms with E-state index in [2.05, 4.69) is 5.32 Å². The van der Waals surface area contributed by atoms with Crippen molar-refractivity contribution in [2.24, 2.45) is 0 Å². The molecule has 0 spiro atoms. The second-order valence-electron chi connectivity index (χ2n) is 4.06. The van der Waals surface area contributed by atoms with Gasteiger partial charge in [-0.25, -0.2) is 9.59 Å². The molecule has 0 aliphatic rings. The Morgan fingerprint density at radius 1 is 1.19 bits per heavy atom. The maximum Gasteiger partial charge on any atom is 0.347 e. The van der Waals surface area contributed by atoms with Crippen molar-refractivity contribution in [3.8, 4) is 0 Å². The lowest BCUT2D eigenvalue weighted by Crippen LogP contribution is -2.19. The van der Waals surface area contributed by atoms with Gasteiger partial charge < -0.3 is 14.8 Å². The number of anilines is 1. The van der Waals surface area contributed by atoms with Crippen LogP contribution in [0.3, 0.4) is 0 Å². The molecule has 0 bridgehead atoms. The van der Waals surface area contributed by atoms with E-state index < -0.39 is 11.9 Å². The van der Waals surface area contributed by atoms with Gasteiger partial charge in [0.1, 0.15) is 0 Å². The van der Waals surface area contributed by atoms with E-state index in [-0.39, 0.29) is 18.8 Å². The van der Waals surface area contributed by atoms with Crippen molar-refractivity contribution in [3.63, 3.8) is 0 Å². The zero-order valence-electron chi connectivity index (χ0n) is 12.2. The van der Waals surface area contributed by atoms with Crippen molar-refractivity contribution in [2.45, 2.75) is 20.8 Å². The van der Waals surface area contributed by atoms with Gasteiger partial charge in [0, 0.05) is 16.9 Å². The van der Waals surface area contributed by atoms with E-state index >= 15 is 0 Å². The van der Waals surface area contributed by atoms with Crippen LogP contribution in [0.25, 0.3) is 0 Å². The van der Waals surface area contributed by atoms with Crippen LogP contribution >= 0.6 is 11.6 Å². The summed E-state index contributed by atoms with van der Waals surface area (Å²) in [6.07, 6.45) is 1.27. The van der Waals surface area contributed by atoms with Crippen LogP contribution in [0.4, 0.5) is 5.69 Å². The van der Waals surface area contributed by atoms with Crippen LogP contribution in [0.15, 0.2) is 30.0 Å². The van der Waals surface area contributed by atoms with Gasteiger partial charge in [0.25, 0.3) is 0 Å². The summed E-state index contributed by atoms with van der Waals surface area (Å²) in [4.78, 5) is 23.6. The van der Waals surface area contributed by atoms with E-state index in [1.807, 2.05) is 6.92 Å². The van der Waals surface area contributed by atoms with Gasteiger partial charge in [-0.05, 0) is 38.5 Å². The summed E-state index contributed by atoms with van der Waals surface area (Å²) in [6.45, 7) is 5.49. The van der Waals surface area contributed by atoms with Gasteiger partial charge >= 0.3 is 11.9 Å². The summed E-state index contributed by atoms with van der Waals surface area (Å²) >= 11 is 6.01. The molecule has 0 atom stereocenters. The molecule has 0 radical (unpaired) electrons. The minimum atomic E-state index is -0.733. The van der Waals surface area contributed by atoms with Crippen molar-refractivity contribution in [1.29, 1.82) is 0 Å². The molecule has 0 saturated carbocycles. The highest BCUT2D eigenvalue weighted by Crippen LogP contribution is 2.23. The number of rotatable bonds is 6. The highest BCUT2D eigenvalue weighted by molar-refractivity contribution is 6.31. The fourth-order valence-corrected chi connectivity index (χ4v) is 1.71. The second-order valence-corrected chi connectivity index (χ2v) is 4.46. The normalized spacial score (nSPS) is 9.71. The molecule has 0 saturated heterocycles. The fourth-order valence-electron chi connectivity index (χ4n) is 1.53. The Labute approximate surface area is 128 Å². The molecule has 0 aliphatic carbocycles. The highest BCUT2D eigenvalue weighted by atomic mass is 35.5. The average Bonchev–Trinajstić information content (AvgIpc) is 2.44. The van der Waals surface area contributed by atoms with Crippen molar-refractivity contribution in [1.82, 2.24) is 0 Å². The molecule has 1 rings (SSSR count). The van der Waals surface area contributed by atoms with Gasteiger partial charge in [-0.1, -0.05) is 17.7 Å². The summed E-state index contributed by atoms with van der Waals surface area (Å²) in [5.41, 5.74) is 1.30. The Hall–Kier alpha value is -2.01. The Kier molecular flexibility index (Phi) is 6.75. The monoisotopic (exact) mass is 311 g/mol. The quantitative estimate of drug-likeness (QED) is 0.378. The number of ether oxygens (including phenoxy) is 2. The average molecular weight is 312 g/mol. The zero-order valence-corrected chi connectivity index (χ0v) is 13.0. The predicted molar refractivity (Wildman–Crippen MR) is 81.2 cm³/mol. The number of hydrogen-bond donors (Lipinski definition) is 1. The third-order valence-corrected chi connectivity index (χ3v) is 3.04. The third kappa shape index (κ3) is 4.79. The molecule has 114 valence electrons. The standard InChI is InChI=1S/C15H18ClNO4/c1-4-20-14(18)11(15(19)21-5-2)9-17-13-8-6-7-12(16)10(13)3/h6-9,17H,4-5H2,1-3H3. The predicted octanol–water partition coefficient (Wildman–Crippen LogP) is 3.07. The van der Waals surface area contributed by atoms with Crippen LogP contribution in [0.1, 0.15) is 19.4 Å². The van der Waals surface area contributed by atoms with Crippen molar-refractivity contribution < 1.29 is 19.1 Å². The number of hydrogen-bond acceptors (Lipinski definition) is 5. The molecule has 5 nitrogen and oxygen atoms in total. The first-order chi connectivity index (χ1) is 10.0. The third-order valence-electron chi connectivity index (χ3n) is 2.63. The van der Waals surface area contributed by atoms with E-state index in [1.54, 1.807) is 32.0 Å². The lowest BCUT2D eigenvalue weighted by Gasteiger charge is -2.10. The van der Waals surface area contributed by atoms with E-state index in [1.165, 1.54) is 6.20 Å². The number of nitrogens with one attached hydrogen (secondary N) is 1. The van der Waals surface area contributed by atoms with Crippen LogP contribution in [-0.2, 0) is 19.1 Å². The molecule has 0 amide bonds. The maximum atomic E-state index is 11.8. The van der Waals surface area contributed by atoms with Gasteiger partial charge in [0.2, 0.25) is 0 Å². The number of carbonyl (C=O) groups excluding carboxylic acids is 2. The Balaban J connectivity index is 2.99. The van der Waals surface area contributed by atoms with Crippen LogP contribution in [0.5, 0.6) is 0 Å². The highest BCUT2D eigenvalue weighted by Gasteiger charge is 2.21. The number of esters is 2. The largest absolute Gasteiger partial charge is 0.462 e. The zero-order chi connectivity index (χ0) is 15.8. The Morgan fingerprint density at radius 3 is 2.29 bits per heavy atom. The van der Waals surface area contributed by atoms with Gasteiger partial charge in [0.15, 0.2) is 5.57 Å². The second kappa shape index (κ2) is 8.32. The topological polar surface area (TPSA) is 64.6 Å². The summed E-state index contributed by atoms with van der Waals surface area (Å²) in [6, 6.07) is 5.30. The molecule has 1 N–H and O–H groups in total. The minimum absolute atomic E-state index is 0.172. The maximum absolute atomic E-state index is 11.8. The Bertz CT molecular complexity index is 535. The summed E-state index contributed by atoms with van der Waals surface area (Å²) in [5.74, 6) is -1.47. The number of carbonyl (C=O) groups is 2. The summed E-state index contributed by atoms with van der Waals surface area (Å²) in [7, 11) is 0. The van der Waals surface area contributed by atoms with Gasteiger partial charge in [-0.2, -0.15) is 0 Å². The first-order valence-electron chi connectivity index (χ1n) is 6.57. The lowest BCUT2D eigenvalue weighted by atomic mass is 10.2. The van der Waals surface area contributed by atoms with Crippen molar-refractivity contribution in [3.05, 3.63) is 40.6 Å². The molecule has 0 unspecified atom stereocenters. The SMILES string of the molecule is CCOC(=O)C(=CNc1cccc(Cl)c1C)C(=O)OCC. The van der Waals surface area contributed by atoms with E-state index in [4.69, 9.17) is 21.1 Å². The molecule has 0 heterocycles. The number of halogens is 1. The summed E-state index contributed by atoms with van der Waals surface area (Å²) in [5, 5.41) is 3.47. The molecule has 6 heteroatoms. The first-order valence-corrected chi connectivity index (χ1v) is 6.95. The van der Waals surface area contributed by atoms with E-state index in [0.717, 1.165) is 5.56 Å². The first kappa shape index (κ1) is 17.0. The van der Waals surface area contributed by atoms with E-state index in [0.29, 0.717) is 10.7 Å². The van der Waals surface area contributed by atoms with Crippen molar-refractivity contribution >= 4 is 29.2 Å². The van der Waals surface area contributed by atoms with Crippen LogP contribution in [0, 0.1) is 6.92 Å². The molecule has 1 aromatic carbocycles.